The van der Waals surface area contributed by atoms with Crippen LogP contribution in [0.4, 0.5) is 0 Å². The number of aromatic nitrogens is 3. The van der Waals surface area contributed by atoms with Gasteiger partial charge in [0.05, 0.1) is 25.3 Å². The number of nitrogens with zero attached hydrogens (tertiary/aromatic N) is 4. The lowest BCUT2D eigenvalue weighted by atomic mass is 10.1. The molecule has 1 aliphatic rings. The van der Waals surface area contributed by atoms with Crippen LogP contribution in [0, 0.1) is 0 Å². The van der Waals surface area contributed by atoms with E-state index in [-0.39, 0.29) is 11.9 Å². The van der Waals surface area contributed by atoms with Gasteiger partial charge < -0.3 is 14.4 Å². The molecule has 1 aromatic carbocycles. The lowest BCUT2D eigenvalue weighted by Crippen LogP contribution is -2.31. The van der Waals surface area contributed by atoms with Gasteiger partial charge in [0.1, 0.15) is 0 Å². The van der Waals surface area contributed by atoms with Gasteiger partial charge in [-0.2, -0.15) is 0 Å². The second-order valence-corrected chi connectivity index (χ2v) is 6.74. The van der Waals surface area contributed by atoms with Crippen LogP contribution >= 0.6 is 11.6 Å². The smallest absolute Gasteiger partial charge is 0.254 e. The van der Waals surface area contributed by atoms with Crippen LogP contribution in [0.1, 0.15) is 35.1 Å². The number of rotatable bonds is 4. The number of methoxy groups -OCH3 is 2. The number of carbonyl (C=O) groups excluding carboxylic acids is 1. The summed E-state index contributed by atoms with van der Waals surface area (Å²) in [6, 6.07) is 8.87. The number of hydrogen-bond acceptors (Lipinski definition) is 5. The Labute approximate surface area is 161 Å². The third-order valence-corrected chi connectivity index (χ3v) is 5.11. The second kappa shape index (κ2) is 7.08. The van der Waals surface area contributed by atoms with Gasteiger partial charge in [-0.15, -0.1) is 10.2 Å². The third kappa shape index (κ3) is 2.98. The zero-order chi connectivity index (χ0) is 19.0. The Bertz CT molecular complexity index is 1000. The number of fused-ring (bicyclic) bond motifs is 1. The molecule has 140 valence electrons. The molecule has 1 saturated heterocycles. The van der Waals surface area contributed by atoms with Crippen molar-refractivity contribution in [3.8, 4) is 11.5 Å². The average molecular weight is 387 g/mol. The van der Waals surface area contributed by atoms with Crippen molar-refractivity contribution in [1.29, 1.82) is 0 Å². The topological polar surface area (TPSA) is 69.0 Å². The molecular formula is C19H19ClN4O3. The zero-order valence-corrected chi connectivity index (χ0v) is 15.8. The van der Waals surface area contributed by atoms with Crippen LogP contribution in [0.25, 0.3) is 5.65 Å². The van der Waals surface area contributed by atoms with E-state index in [9.17, 15) is 4.79 Å². The fourth-order valence-corrected chi connectivity index (χ4v) is 3.86. The molecule has 0 aliphatic carbocycles. The van der Waals surface area contributed by atoms with Gasteiger partial charge in [-0.1, -0.05) is 17.7 Å². The molecular weight excluding hydrogens is 368 g/mol. The summed E-state index contributed by atoms with van der Waals surface area (Å²) in [5, 5.41) is 8.88. The highest BCUT2D eigenvalue weighted by molar-refractivity contribution is 6.32. The predicted octanol–water partition coefficient (Wildman–Crippen LogP) is 3.38. The van der Waals surface area contributed by atoms with Gasteiger partial charge in [-0.3, -0.25) is 9.20 Å². The average Bonchev–Trinajstić information content (AvgIpc) is 3.33. The molecule has 8 heteroatoms. The molecule has 0 spiro atoms. The minimum atomic E-state index is -0.137. The first kappa shape index (κ1) is 17.6. The predicted molar refractivity (Wildman–Crippen MR) is 101 cm³/mol. The van der Waals surface area contributed by atoms with Crippen LogP contribution in [0.15, 0.2) is 36.5 Å². The second-order valence-electron chi connectivity index (χ2n) is 6.34. The van der Waals surface area contributed by atoms with Gasteiger partial charge in [0.25, 0.3) is 5.91 Å². The summed E-state index contributed by atoms with van der Waals surface area (Å²) in [5.41, 5.74) is 1.22. The molecule has 1 aliphatic heterocycles. The van der Waals surface area contributed by atoms with E-state index in [0.717, 1.165) is 24.3 Å². The Balaban J connectivity index is 1.70. The number of hydrogen-bond donors (Lipinski definition) is 0. The molecule has 0 unspecified atom stereocenters. The van der Waals surface area contributed by atoms with E-state index in [2.05, 4.69) is 10.2 Å². The monoisotopic (exact) mass is 386 g/mol. The van der Waals surface area contributed by atoms with E-state index in [1.807, 2.05) is 33.7 Å². The molecule has 1 atom stereocenters. The number of benzene rings is 1. The number of carbonyl (C=O) groups is 1. The van der Waals surface area contributed by atoms with Crippen molar-refractivity contribution in [1.82, 2.24) is 19.5 Å². The fourth-order valence-electron chi connectivity index (χ4n) is 3.57. The number of likely N-dealkylation sites (tertiary alicyclic amines) is 1. The minimum Gasteiger partial charge on any atom is -0.493 e. The first-order valence-electron chi connectivity index (χ1n) is 8.66. The zero-order valence-electron chi connectivity index (χ0n) is 15.1. The van der Waals surface area contributed by atoms with Crippen LogP contribution in [0.5, 0.6) is 11.5 Å². The molecule has 2 aromatic heterocycles. The van der Waals surface area contributed by atoms with E-state index in [4.69, 9.17) is 21.1 Å². The molecule has 7 nitrogen and oxygen atoms in total. The van der Waals surface area contributed by atoms with Crippen molar-refractivity contribution in [2.24, 2.45) is 0 Å². The number of halogens is 1. The molecule has 1 fully saturated rings. The highest BCUT2D eigenvalue weighted by Crippen LogP contribution is 2.38. The maximum Gasteiger partial charge on any atom is 0.254 e. The summed E-state index contributed by atoms with van der Waals surface area (Å²) in [6.07, 6.45) is 3.65. The summed E-state index contributed by atoms with van der Waals surface area (Å²) >= 11 is 6.28. The van der Waals surface area contributed by atoms with Gasteiger partial charge >= 0.3 is 0 Å². The Hall–Kier alpha value is -2.80. The normalized spacial score (nSPS) is 16.7. The molecule has 4 rings (SSSR count). The lowest BCUT2D eigenvalue weighted by molar-refractivity contribution is 0.0729. The first-order chi connectivity index (χ1) is 13.1. The summed E-state index contributed by atoms with van der Waals surface area (Å²) in [5.74, 6) is 1.49. The van der Waals surface area contributed by atoms with E-state index >= 15 is 0 Å². The van der Waals surface area contributed by atoms with Crippen LogP contribution in [0.2, 0.25) is 5.02 Å². The Morgan fingerprint density at radius 2 is 2.07 bits per heavy atom. The van der Waals surface area contributed by atoms with E-state index in [1.54, 1.807) is 12.1 Å². The Kier molecular flexibility index (Phi) is 4.61. The quantitative estimate of drug-likeness (QED) is 0.687. The maximum atomic E-state index is 13.2. The highest BCUT2D eigenvalue weighted by atomic mass is 35.5. The molecule has 3 aromatic rings. The van der Waals surface area contributed by atoms with Crippen LogP contribution in [-0.4, -0.2) is 46.2 Å². The highest BCUT2D eigenvalue weighted by Gasteiger charge is 2.34. The van der Waals surface area contributed by atoms with Crippen molar-refractivity contribution in [3.05, 3.63) is 52.9 Å². The van der Waals surface area contributed by atoms with Crippen molar-refractivity contribution in [3.63, 3.8) is 0 Å². The van der Waals surface area contributed by atoms with Crippen molar-refractivity contribution < 1.29 is 14.3 Å². The molecule has 0 N–H and O–H groups in total. The van der Waals surface area contributed by atoms with E-state index in [0.29, 0.717) is 28.6 Å². The maximum absolute atomic E-state index is 13.2. The van der Waals surface area contributed by atoms with Crippen molar-refractivity contribution in [2.75, 3.05) is 20.8 Å². The number of ether oxygens (including phenoxy) is 2. The van der Waals surface area contributed by atoms with Gasteiger partial charge in [-0.25, -0.2) is 0 Å². The largest absolute Gasteiger partial charge is 0.493 e. The standard InChI is InChI=1S/C19H19ClN4O3/c1-26-15-11-12(10-13(20)17(15)27-2)19(25)23-9-5-6-14(23)18-22-21-16-7-3-4-8-24(16)18/h3-4,7-8,10-11,14H,5-6,9H2,1-2H3/t14-/m0/s1. The van der Waals surface area contributed by atoms with Crippen molar-refractivity contribution >= 4 is 23.2 Å². The molecule has 1 amide bonds. The Morgan fingerprint density at radius 3 is 2.85 bits per heavy atom. The van der Waals surface area contributed by atoms with E-state index in [1.165, 1.54) is 14.2 Å². The number of pyridine rings is 1. The van der Waals surface area contributed by atoms with E-state index < -0.39 is 0 Å². The Morgan fingerprint density at radius 1 is 1.22 bits per heavy atom. The molecule has 27 heavy (non-hydrogen) atoms. The lowest BCUT2D eigenvalue weighted by Gasteiger charge is -2.24. The van der Waals surface area contributed by atoms with Gasteiger partial charge in [-0.05, 0) is 37.1 Å². The summed E-state index contributed by atoms with van der Waals surface area (Å²) < 4.78 is 12.5. The van der Waals surface area contributed by atoms with Crippen molar-refractivity contribution in [2.45, 2.75) is 18.9 Å². The van der Waals surface area contributed by atoms with Gasteiger partial charge in [0.2, 0.25) is 0 Å². The minimum absolute atomic E-state index is 0.118. The summed E-state index contributed by atoms with van der Waals surface area (Å²) in [6.45, 7) is 0.650. The first-order valence-corrected chi connectivity index (χ1v) is 9.04. The SMILES string of the molecule is COc1cc(C(=O)N2CCC[C@H]2c2nnc3ccccn23)cc(Cl)c1OC. The molecule has 3 heterocycles. The molecule has 0 bridgehead atoms. The van der Waals surface area contributed by atoms with Crippen LogP contribution in [0.3, 0.4) is 0 Å². The van der Waals surface area contributed by atoms with Crippen LogP contribution < -0.4 is 9.47 Å². The summed E-state index contributed by atoms with van der Waals surface area (Å²) in [7, 11) is 3.03. The number of amides is 1. The van der Waals surface area contributed by atoms with Gasteiger partial charge in [0.15, 0.2) is 23.0 Å². The van der Waals surface area contributed by atoms with Crippen LogP contribution in [-0.2, 0) is 0 Å². The molecule has 0 radical (unpaired) electrons. The fraction of sp³-hybridized carbons (Fsp3) is 0.316. The van der Waals surface area contributed by atoms with Gasteiger partial charge in [0, 0.05) is 18.3 Å². The molecule has 0 saturated carbocycles. The third-order valence-electron chi connectivity index (χ3n) is 4.83. The summed E-state index contributed by atoms with van der Waals surface area (Å²) in [4.78, 5) is 15.0.